The SMILES string of the molecule is NC(=O)C(I)c1ccc(S(N)(=O)=O)cc1. The fraction of sp³-hybridized carbons (Fsp3) is 0.125. The summed E-state index contributed by atoms with van der Waals surface area (Å²) in [5.41, 5.74) is 5.75. The molecule has 1 aromatic carbocycles. The van der Waals surface area contributed by atoms with Crippen LogP contribution < -0.4 is 10.9 Å². The van der Waals surface area contributed by atoms with Crippen molar-refractivity contribution >= 4 is 38.5 Å². The van der Waals surface area contributed by atoms with Gasteiger partial charge in [0.05, 0.1) is 4.90 Å². The Bertz CT molecular complexity index is 469. The highest BCUT2D eigenvalue weighted by Crippen LogP contribution is 2.23. The molecule has 0 aliphatic heterocycles. The maximum atomic E-state index is 10.9. The highest BCUT2D eigenvalue weighted by atomic mass is 127. The average Bonchev–Trinajstić information content (AvgIpc) is 2.15. The number of nitrogens with two attached hydrogens (primary N) is 2. The number of carbonyl (C=O) groups excluding carboxylic acids is 1. The molecule has 1 atom stereocenters. The van der Waals surface area contributed by atoms with Gasteiger partial charge >= 0.3 is 0 Å². The van der Waals surface area contributed by atoms with Crippen molar-refractivity contribution in [1.29, 1.82) is 0 Å². The van der Waals surface area contributed by atoms with Gasteiger partial charge in [-0.3, -0.25) is 4.79 Å². The molecule has 0 saturated heterocycles. The van der Waals surface area contributed by atoms with Crippen molar-refractivity contribution < 1.29 is 13.2 Å². The molecule has 0 aliphatic carbocycles. The van der Waals surface area contributed by atoms with Crippen LogP contribution in [0.3, 0.4) is 0 Å². The van der Waals surface area contributed by atoms with E-state index in [1.165, 1.54) is 24.3 Å². The van der Waals surface area contributed by atoms with Crippen LogP contribution in [0.15, 0.2) is 29.2 Å². The summed E-state index contributed by atoms with van der Waals surface area (Å²) in [5, 5.41) is 4.92. The number of amides is 1. The Balaban J connectivity index is 3.06. The summed E-state index contributed by atoms with van der Waals surface area (Å²) in [4.78, 5) is 10.9. The molecule has 0 heterocycles. The Morgan fingerprint density at radius 3 is 2.07 bits per heavy atom. The second-order valence-electron chi connectivity index (χ2n) is 2.88. The lowest BCUT2D eigenvalue weighted by molar-refractivity contribution is -0.117. The second-order valence-corrected chi connectivity index (χ2v) is 5.69. The fourth-order valence-electron chi connectivity index (χ4n) is 0.991. The van der Waals surface area contributed by atoms with Gasteiger partial charge in [-0.1, -0.05) is 34.7 Å². The zero-order valence-corrected chi connectivity index (χ0v) is 10.5. The Kier molecular flexibility index (Phi) is 3.68. The molecule has 0 aromatic heterocycles. The van der Waals surface area contributed by atoms with Gasteiger partial charge in [0.1, 0.15) is 3.92 Å². The summed E-state index contributed by atoms with van der Waals surface area (Å²) in [6, 6.07) is 5.72. The standard InChI is InChI=1S/C8H9IN2O3S/c9-7(8(10)12)5-1-3-6(4-2-5)15(11,13)14/h1-4,7H,(H2,10,12)(H2,11,13,14). The third kappa shape index (κ3) is 3.14. The number of sulfonamides is 1. The zero-order valence-electron chi connectivity index (χ0n) is 7.55. The van der Waals surface area contributed by atoms with Crippen molar-refractivity contribution in [1.82, 2.24) is 0 Å². The molecular formula is C8H9IN2O3S. The first-order valence-corrected chi connectivity index (χ1v) is 6.67. The van der Waals surface area contributed by atoms with Crippen LogP contribution in [-0.4, -0.2) is 14.3 Å². The van der Waals surface area contributed by atoms with Gasteiger partial charge in [-0.25, -0.2) is 13.6 Å². The van der Waals surface area contributed by atoms with Crippen molar-refractivity contribution in [2.75, 3.05) is 0 Å². The first-order chi connectivity index (χ1) is 6.82. The van der Waals surface area contributed by atoms with Crippen LogP contribution in [-0.2, 0) is 14.8 Å². The Hall–Kier alpha value is -0.670. The van der Waals surface area contributed by atoms with Crippen molar-refractivity contribution in [3.63, 3.8) is 0 Å². The van der Waals surface area contributed by atoms with Crippen LogP contribution >= 0.6 is 22.6 Å². The molecule has 0 fully saturated rings. The van der Waals surface area contributed by atoms with Gasteiger partial charge in [0.15, 0.2) is 0 Å². The molecule has 1 amide bonds. The molecular weight excluding hydrogens is 331 g/mol. The van der Waals surface area contributed by atoms with Gasteiger partial charge < -0.3 is 5.73 Å². The number of halogens is 1. The summed E-state index contributed by atoms with van der Waals surface area (Å²) in [6.45, 7) is 0. The molecule has 5 nitrogen and oxygen atoms in total. The monoisotopic (exact) mass is 340 g/mol. The summed E-state index contributed by atoms with van der Waals surface area (Å²) in [5.74, 6) is -0.473. The van der Waals surface area contributed by atoms with E-state index in [9.17, 15) is 13.2 Å². The van der Waals surface area contributed by atoms with E-state index < -0.39 is 19.9 Å². The predicted molar refractivity (Wildman–Crippen MR) is 63.8 cm³/mol. The summed E-state index contributed by atoms with van der Waals surface area (Å²) in [7, 11) is -3.68. The minimum atomic E-state index is -3.68. The Morgan fingerprint density at radius 1 is 1.27 bits per heavy atom. The van der Waals surface area contributed by atoms with E-state index in [2.05, 4.69) is 0 Å². The van der Waals surface area contributed by atoms with Crippen molar-refractivity contribution in [3.05, 3.63) is 29.8 Å². The highest BCUT2D eigenvalue weighted by molar-refractivity contribution is 14.1. The van der Waals surface area contributed by atoms with Gasteiger partial charge in [-0.05, 0) is 17.7 Å². The van der Waals surface area contributed by atoms with E-state index in [4.69, 9.17) is 10.9 Å². The number of hydrogen-bond acceptors (Lipinski definition) is 3. The summed E-state index contributed by atoms with van der Waals surface area (Å²) in [6.07, 6.45) is 0. The van der Waals surface area contributed by atoms with Crippen LogP contribution in [0.4, 0.5) is 0 Å². The average molecular weight is 340 g/mol. The van der Waals surface area contributed by atoms with Crippen LogP contribution in [0, 0.1) is 0 Å². The first kappa shape index (κ1) is 12.4. The van der Waals surface area contributed by atoms with Crippen molar-refractivity contribution in [2.24, 2.45) is 10.9 Å². The van der Waals surface area contributed by atoms with Crippen LogP contribution in [0.1, 0.15) is 9.49 Å². The number of benzene rings is 1. The lowest BCUT2D eigenvalue weighted by Gasteiger charge is -2.06. The molecule has 0 radical (unpaired) electrons. The topological polar surface area (TPSA) is 103 Å². The smallest absolute Gasteiger partial charge is 0.238 e. The Morgan fingerprint density at radius 2 is 1.73 bits per heavy atom. The molecule has 0 spiro atoms. The molecule has 0 aliphatic rings. The Labute approximate surface area is 101 Å². The molecule has 15 heavy (non-hydrogen) atoms. The summed E-state index contributed by atoms with van der Waals surface area (Å²) < 4.78 is 21.4. The van der Waals surface area contributed by atoms with Crippen LogP contribution in [0.5, 0.6) is 0 Å². The number of alkyl halides is 1. The largest absolute Gasteiger partial charge is 0.368 e. The number of hydrogen-bond donors (Lipinski definition) is 2. The molecule has 82 valence electrons. The normalized spacial score (nSPS) is 13.5. The zero-order chi connectivity index (χ0) is 11.6. The maximum absolute atomic E-state index is 10.9. The van der Waals surface area contributed by atoms with E-state index in [0.29, 0.717) is 5.56 Å². The van der Waals surface area contributed by atoms with Crippen LogP contribution in [0.2, 0.25) is 0 Å². The number of primary sulfonamides is 1. The van der Waals surface area contributed by atoms with Crippen molar-refractivity contribution in [3.8, 4) is 0 Å². The molecule has 7 heteroatoms. The van der Waals surface area contributed by atoms with E-state index in [0.717, 1.165) is 0 Å². The minimum Gasteiger partial charge on any atom is -0.368 e. The third-order valence-corrected chi connectivity index (χ3v) is 4.01. The van der Waals surface area contributed by atoms with E-state index in [1.807, 2.05) is 22.6 Å². The fourth-order valence-corrected chi connectivity index (χ4v) is 1.92. The van der Waals surface area contributed by atoms with E-state index in [-0.39, 0.29) is 4.90 Å². The van der Waals surface area contributed by atoms with Crippen LogP contribution in [0.25, 0.3) is 0 Å². The molecule has 0 bridgehead atoms. The molecule has 0 saturated carbocycles. The van der Waals surface area contributed by atoms with E-state index in [1.54, 1.807) is 0 Å². The van der Waals surface area contributed by atoms with Gasteiger partial charge in [0, 0.05) is 0 Å². The van der Waals surface area contributed by atoms with Crippen molar-refractivity contribution in [2.45, 2.75) is 8.82 Å². The number of carbonyl (C=O) groups is 1. The minimum absolute atomic E-state index is 0.0133. The predicted octanol–water partition coefficient (Wildman–Crippen LogP) is 0.295. The van der Waals surface area contributed by atoms with Gasteiger partial charge in [-0.2, -0.15) is 0 Å². The third-order valence-electron chi connectivity index (χ3n) is 1.75. The maximum Gasteiger partial charge on any atom is 0.238 e. The summed E-state index contributed by atoms with van der Waals surface area (Å²) >= 11 is 1.87. The lowest BCUT2D eigenvalue weighted by atomic mass is 10.1. The second kappa shape index (κ2) is 4.45. The first-order valence-electron chi connectivity index (χ1n) is 3.88. The number of primary amides is 1. The molecule has 1 aromatic rings. The lowest BCUT2D eigenvalue weighted by Crippen LogP contribution is -2.17. The van der Waals surface area contributed by atoms with Gasteiger partial charge in [0.25, 0.3) is 0 Å². The molecule has 4 N–H and O–H groups in total. The number of rotatable bonds is 3. The highest BCUT2D eigenvalue weighted by Gasteiger charge is 2.14. The van der Waals surface area contributed by atoms with E-state index >= 15 is 0 Å². The quantitative estimate of drug-likeness (QED) is 0.611. The molecule has 1 unspecified atom stereocenters. The molecule has 1 rings (SSSR count). The van der Waals surface area contributed by atoms with Gasteiger partial charge in [0.2, 0.25) is 15.9 Å². The van der Waals surface area contributed by atoms with Gasteiger partial charge in [-0.15, -0.1) is 0 Å².